The van der Waals surface area contributed by atoms with Gasteiger partial charge in [0.1, 0.15) is 0 Å². The average Bonchev–Trinajstić information content (AvgIpc) is 3.22. The Morgan fingerprint density at radius 1 is 1.25 bits per heavy atom. The first-order valence-electron chi connectivity index (χ1n) is 8.90. The van der Waals surface area contributed by atoms with Crippen LogP contribution in [0, 0.1) is 29.9 Å². The Morgan fingerprint density at radius 2 is 2.04 bits per heavy atom. The number of benzene rings is 1. The number of aromatic nitrogens is 4. The zero-order valence-corrected chi connectivity index (χ0v) is 16.0. The molecule has 28 heavy (non-hydrogen) atoms. The van der Waals surface area contributed by atoms with Gasteiger partial charge in [-0.2, -0.15) is 9.78 Å². The van der Waals surface area contributed by atoms with Gasteiger partial charge < -0.3 is 15.4 Å². The van der Waals surface area contributed by atoms with E-state index in [4.69, 9.17) is 0 Å². The molecular formula is C19H22N6O3. The SMILES string of the molecule is Cc1cccc(Cn2ccc(NC(=O)C(C)Cn3nc([N+](=O)[O-])cc3C)n2)c1. The molecule has 2 aromatic heterocycles. The largest absolute Gasteiger partial charge is 0.390 e. The van der Waals surface area contributed by atoms with Crippen LogP contribution in [0.15, 0.2) is 42.6 Å². The zero-order chi connectivity index (χ0) is 20.3. The van der Waals surface area contributed by atoms with Crippen molar-refractivity contribution in [1.29, 1.82) is 0 Å². The molecule has 2 heterocycles. The lowest BCUT2D eigenvalue weighted by atomic mass is 10.1. The van der Waals surface area contributed by atoms with Gasteiger partial charge >= 0.3 is 5.82 Å². The molecule has 146 valence electrons. The average molecular weight is 382 g/mol. The topological polar surface area (TPSA) is 108 Å². The predicted octanol–water partition coefficient (Wildman–Crippen LogP) is 2.93. The summed E-state index contributed by atoms with van der Waals surface area (Å²) in [5, 5.41) is 21.9. The molecule has 1 atom stereocenters. The highest BCUT2D eigenvalue weighted by Crippen LogP contribution is 2.14. The second kappa shape index (κ2) is 8.03. The molecule has 0 radical (unpaired) electrons. The van der Waals surface area contributed by atoms with E-state index in [0.717, 1.165) is 5.56 Å². The molecule has 0 spiro atoms. The van der Waals surface area contributed by atoms with E-state index in [0.29, 0.717) is 18.1 Å². The van der Waals surface area contributed by atoms with Crippen LogP contribution in [0.2, 0.25) is 0 Å². The number of anilines is 1. The fourth-order valence-corrected chi connectivity index (χ4v) is 2.87. The molecule has 3 aromatic rings. The minimum Gasteiger partial charge on any atom is -0.358 e. The van der Waals surface area contributed by atoms with Crippen LogP contribution in [0.5, 0.6) is 0 Å². The van der Waals surface area contributed by atoms with E-state index in [2.05, 4.69) is 21.6 Å². The number of nitro groups is 1. The Kier molecular flexibility index (Phi) is 5.53. The summed E-state index contributed by atoms with van der Waals surface area (Å²) in [6.45, 7) is 6.36. The van der Waals surface area contributed by atoms with E-state index >= 15 is 0 Å². The maximum atomic E-state index is 12.4. The van der Waals surface area contributed by atoms with Gasteiger partial charge in [0, 0.05) is 12.3 Å². The van der Waals surface area contributed by atoms with Crippen LogP contribution in [0.4, 0.5) is 11.6 Å². The standard InChI is InChI=1S/C19H22N6O3/c1-13-5-4-6-16(9-13)12-23-8-7-17(21-23)20-19(26)14(2)11-24-15(3)10-18(22-24)25(27)28/h4-10,14H,11-12H2,1-3H3,(H,20,21,26). The van der Waals surface area contributed by atoms with E-state index in [-0.39, 0.29) is 18.3 Å². The van der Waals surface area contributed by atoms with Crippen molar-refractivity contribution in [2.24, 2.45) is 5.92 Å². The van der Waals surface area contributed by atoms with Crippen molar-refractivity contribution < 1.29 is 9.72 Å². The summed E-state index contributed by atoms with van der Waals surface area (Å²) in [6.07, 6.45) is 1.81. The number of hydrogen-bond acceptors (Lipinski definition) is 5. The zero-order valence-electron chi connectivity index (χ0n) is 16.0. The van der Waals surface area contributed by atoms with Gasteiger partial charge in [0.05, 0.1) is 35.9 Å². The fraction of sp³-hybridized carbons (Fsp3) is 0.316. The van der Waals surface area contributed by atoms with Crippen molar-refractivity contribution in [1.82, 2.24) is 19.6 Å². The van der Waals surface area contributed by atoms with Crippen molar-refractivity contribution in [3.63, 3.8) is 0 Å². The van der Waals surface area contributed by atoms with Crippen LogP contribution in [0.3, 0.4) is 0 Å². The molecule has 0 saturated heterocycles. The molecule has 0 aliphatic carbocycles. The highest BCUT2D eigenvalue weighted by Gasteiger charge is 2.21. The van der Waals surface area contributed by atoms with E-state index < -0.39 is 10.8 Å². The molecule has 0 saturated carbocycles. The smallest absolute Gasteiger partial charge is 0.358 e. The van der Waals surface area contributed by atoms with Crippen LogP contribution in [-0.4, -0.2) is 30.4 Å². The van der Waals surface area contributed by atoms with Crippen molar-refractivity contribution in [3.05, 3.63) is 69.5 Å². The molecule has 0 fully saturated rings. The predicted molar refractivity (Wildman–Crippen MR) is 104 cm³/mol. The molecule has 0 bridgehead atoms. The van der Waals surface area contributed by atoms with E-state index in [1.807, 2.05) is 31.3 Å². The van der Waals surface area contributed by atoms with E-state index in [9.17, 15) is 14.9 Å². The Morgan fingerprint density at radius 3 is 2.71 bits per heavy atom. The third kappa shape index (κ3) is 4.61. The van der Waals surface area contributed by atoms with Crippen molar-refractivity contribution in [2.45, 2.75) is 33.9 Å². The minimum absolute atomic E-state index is 0.222. The maximum Gasteiger partial charge on any atom is 0.390 e. The Labute approximate surface area is 162 Å². The highest BCUT2D eigenvalue weighted by molar-refractivity contribution is 5.91. The number of carbonyl (C=O) groups excluding carboxylic acids is 1. The molecule has 0 aliphatic heterocycles. The summed E-state index contributed by atoms with van der Waals surface area (Å²) in [4.78, 5) is 22.7. The lowest BCUT2D eigenvalue weighted by Crippen LogP contribution is -2.25. The first kappa shape index (κ1) is 19.3. The molecule has 1 amide bonds. The second-order valence-electron chi connectivity index (χ2n) is 6.86. The lowest BCUT2D eigenvalue weighted by molar-refractivity contribution is -0.389. The van der Waals surface area contributed by atoms with Gasteiger partial charge in [-0.15, -0.1) is 0 Å². The number of amides is 1. The van der Waals surface area contributed by atoms with Crippen LogP contribution in [0.25, 0.3) is 0 Å². The fourth-order valence-electron chi connectivity index (χ4n) is 2.87. The molecule has 1 aromatic carbocycles. The van der Waals surface area contributed by atoms with Crippen molar-refractivity contribution >= 4 is 17.5 Å². The van der Waals surface area contributed by atoms with Gasteiger partial charge in [0.2, 0.25) is 5.91 Å². The third-order valence-corrected chi connectivity index (χ3v) is 4.37. The lowest BCUT2D eigenvalue weighted by Gasteiger charge is -2.10. The van der Waals surface area contributed by atoms with Gasteiger partial charge in [-0.05, 0) is 24.3 Å². The van der Waals surface area contributed by atoms with Crippen LogP contribution in [-0.2, 0) is 17.9 Å². The highest BCUT2D eigenvalue weighted by atomic mass is 16.6. The van der Waals surface area contributed by atoms with Crippen LogP contribution < -0.4 is 5.32 Å². The molecule has 1 unspecified atom stereocenters. The number of carbonyl (C=O) groups is 1. The Balaban J connectivity index is 1.60. The Hall–Kier alpha value is -3.49. The monoisotopic (exact) mass is 382 g/mol. The summed E-state index contributed by atoms with van der Waals surface area (Å²) in [6, 6.07) is 11.3. The maximum absolute atomic E-state index is 12.4. The van der Waals surface area contributed by atoms with Crippen molar-refractivity contribution in [3.8, 4) is 0 Å². The summed E-state index contributed by atoms with van der Waals surface area (Å²) in [7, 11) is 0. The summed E-state index contributed by atoms with van der Waals surface area (Å²) >= 11 is 0. The van der Waals surface area contributed by atoms with Gasteiger partial charge in [-0.25, -0.2) is 0 Å². The molecule has 3 rings (SSSR count). The van der Waals surface area contributed by atoms with Gasteiger partial charge in [-0.3, -0.25) is 9.48 Å². The van der Waals surface area contributed by atoms with Crippen LogP contribution >= 0.6 is 0 Å². The number of hydrogen-bond donors (Lipinski definition) is 1. The first-order valence-corrected chi connectivity index (χ1v) is 8.90. The van der Waals surface area contributed by atoms with E-state index in [1.165, 1.54) is 16.3 Å². The second-order valence-corrected chi connectivity index (χ2v) is 6.86. The minimum atomic E-state index is -0.547. The van der Waals surface area contributed by atoms with Gasteiger partial charge in [-0.1, -0.05) is 36.8 Å². The third-order valence-electron chi connectivity index (χ3n) is 4.37. The number of aryl methyl sites for hydroxylation is 2. The van der Waals surface area contributed by atoms with Gasteiger partial charge in [0.15, 0.2) is 5.82 Å². The number of nitrogens with zero attached hydrogens (tertiary/aromatic N) is 5. The normalized spacial score (nSPS) is 12.0. The van der Waals surface area contributed by atoms with Crippen molar-refractivity contribution in [2.75, 3.05) is 5.32 Å². The summed E-state index contributed by atoms with van der Waals surface area (Å²) in [5.74, 6) is -0.411. The molecule has 9 heteroatoms. The molecule has 0 aliphatic rings. The molecular weight excluding hydrogens is 360 g/mol. The first-order chi connectivity index (χ1) is 13.3. The van der Waals surface area contributed by atoms with E-state index in [1.54, 1.807) is 24.6 Å². The summed E-state index contributed by atoms with van der Waals surface area (Å²) < 4.78 is 3.23. The van der Waals surface area contributed by atoms with Gasteiger partial charge in [0.25, 0.3) is 0 Å². The quantitative estimate of drug-likeness (QED) is 0.499. The molecule has 9 nitrogen and oxygen atoms in total. The Bertz CT molecular complexity index is 1010. The number of nitrogens with one attached hydrogen (secondary N) is 1. The number of rotatable bonds is 7. The molecule has 1 N–H and O–H groups in total. The summed E-state index contributed by atoms with van der Waals surface area (Å²) in [5.41, 5.74) is 2.94. The van der Waals surface area contributed by atoms with Crippen LogP contribution in [0.1, 0.15) is 23.7 Å².